The van der Waals surface area contributed by atoms with Gasteiger partial charge in [0.05, 0.1) is 17.3 Å². The Hall–Kier alpha value is -2.38. The third-order valence-electron chi connectivity index (χ3n) is 3.17. The van der Waals surface area contributed by atoms with Crippen LogP contribution in [0.4, 0.5) is 10.5 Å². The van der Waals surface area contributed by atoms with Gasteiger partial charge in [0.25, 0.3) is 0 Å². The number of rotatable bonds is 6. The lowest BCUT2D eigenvalue weighted by atomic mass is 10.2. The molecule has 6 nitrogen and oxygen atoms in total. The molecule has 122 valence electrons. The van der Waals surface area contributed by atoms with Crippen LogP contribution in [0.5, 0.6) is 0 Å². The van der Waals surface area contributed by atoms with Crippen molar-refractivity contribution in [3.05, 3.63) is 59.7 Å². The Morgan fingerprint density at radius 2 is 1.61 bits per heavy atom. The second kappa shape index (κ2) is 7.26. The van der Waals surface area contributed by atoms with Crippen LogP contribution in [0.15, 0.2) is 53.4 Å². The molecule has 2 amide bonds. The van der Waals surface area contributed by atoms with Gasteiger partial charge in [-0.1, -0.05) is 24.3 Å². The average Bonchev–Trinajstić information content (AvgIpc) is 2.49. The summed E-state index contributed by atoms with van der Waals surface area (Å²) in [5, 5.41) is 2.38. The molecule has 0 unspecified atom stereocenters. The summed E-state index contributed by atoms with van der Waals surface area (Å²) in [6.45, 7) is 0.487. The van der Waals surface area contributed by atoms with E-state index in [1.807, 2.05) is 12.1 Å². The summed E-state index contributed by atoms with van der Waals surface area (Å²) < 4.78 is 29.8. The van der Waals surface area contributed by atoms with Crippen LogP contribution in [0.2, 0.25) is 0 Å². The summed E-state index contributed by atoms with van der Waals surface area (Å²) in [5.41, 5.74) is 7.13. The lowest BCUT2D eigenvalue weighted by Gasteiger charge is -2.07. The number of sulfone groups is 1. The number of ether oxygens (including phenoxy) is 1. The minimum atomic E-state index is -3.46. The van der Waals surface area contributed by atoms with Crippen LogP contribution in [-0.4, -0.2) is 21.6 Å². The number of amides is 2. The minimum Gasteiger partial charge on any atom is -0.380 e. The maximum atomic E-state index is 12.4. The molecule has 0 bridgehead atoms. The van der Waals surface area contributed by atoms with Crippen molar-refractivity contribution in [1.29, 1.82) is 0 Å². The number of primary amides is 1. The van der Waals surface area contributed by atoms with E-state index in [1.54, 1.807) is 19.2 Å². The normalized spacial score (nSPS) is 11.2. The van der Waals surface area contributed by atoms with Crippen LogP contribution in [0.1, 0.15) is 11.1 Å². The Balaban J connectivity index is 2.13. The molecule has 0 atom stereocenters. The Morgan fingerprint density at radius 3 is 2.13 bits per heavy atom. The van der Waals surface area contributed by atoms with Crippen molar-refractivity contribution >= 4 is 21.6 Å². The number of carbonyl (C=O) groups is 1. The van der Waals surface area contributed by atoms with Crippen molar-refractivity contribution in [2.24, 2.45) is 5.73 Å². The van der Waals surface area contributed by atoms with E-state index < -0.39 is 15.9 Å². The first-order chi connectivity index (χ1) is 10.9. The van der Waals surface area contributed by atoms with E-state index in [9.17, 15) is 13.2 Å². The van der Waals surface area contributed by atoms with Gasteiger partial charge in [-0.2, -0.15) is 0 Å². The molecule has 2 aromatic carbocycles. The maximum absolute atomic E-state index is 12.4. The van der Waals surface area contributed by atoms with E-state index in [1.165, 1.54) is 24.3 Å². The number of urea groups is 1. The Morgan fingerprint density at radius 1 is 1.04 bits per heavy atom. The zero-order chi connectivity index (χ0) is 16.9. The highest BCUT2D eigenvalue weighted by Gasteiger charge is 2.15. The molecule has 0 aliphatic rings. The minimum absolute atomic E-state index is 0.0944. The molecule has 0 saturated carbocycles. The van der Waals surface area contributed by atoms with Crippen molar-refractivity contribution < 1.29 is 17.9 Å². The van der Waals surface area contributed by atoms with Crippen molar-refractivity contribution in [2.45, 2.75) is 17.3 Å². The van der Waals surface area contributed by atoms with E-state index >= 15 is 0 Å². The molecule has 0 fully saturated rings. The number of nitrogens with two attached hydrogens (primary N) is 1. The molecule has 0 aliphatic heterocycles. The van der Waals surface area contributed by atoms with Crippen LogP contribution in [0, 0.1) is 0 Å². The smallest absolute Gasteiger partial charge is 0.316 e. The molecular weight excluding hydrogens is 316 g/mol. The molecule has 7 heteroatoms. The second-order valence-electron chi connectivity index (χ2n) is 5.02. The molecular formula is C16H18N2O4S. The van der Waals surface area contributed by atoms with Crippen LogP contribution < -0.4 is 11.1 Å². The first-order valence-corrected chi connectivity index (χ1v) is 8.52. The van der Waals surface area contributed by atoms with Gasteiger partial charge in [0.15, 0.2) is 9.84 Å². The first-order valence-electron chi connectivity index (χ1n) is 6.87. The Kier molecular flexibility index (Phi) is 5.36. The molecule has 0 heterocycles. The molecule has 0 aromatic heterocycles. The summed E-state index contributed by atoms with van der Waals surface area (Å²) in [5.74, 6) is -0.0944. The molecule has 3 N–H and O–H groups in total. The number of nitrogens with one attached hydrogen (secondary N) is 1. The molecule has 0 spiro atoms. The molecule has 2 rings (SSSR count). The topological polar surface area (TPSA) is 98.5 Å². The fourth-order valence-corrected chi connectivity index (χ4v) is 3.44. The molecule has 0 aliphatic carbocycles. The van der Waals surface area contributed by atoms with E-state index in [-0.39, 0.29) is 10.6 Å². The number of methoxy groups -OCH3 is 1. The van der Waals surface area contributed by atoms with Crippen molar-refractivity contribution in [2.75, 3.05) is 12.4 Å². The zero-order valence-electron chi connectivity index (χ0n) is 12.7. The van der Waals surface area contributed by atoms with Crippen LogP contribution >= 0.6 is 0 Å². The number of hydrogen-bond acceptors (Lipinski definition) is 4. The second-order valence-corrected chi connectivity index (χ2v) is 7.01. The summed E-state index contributed by atoms with van der Waals surface area (Å²) in [7, 11) is -1.85. The number of anilines is 1. The third-order valence-corrected chi connectivity index (χ3v) is 4.88. The van der Waals surface area contributed by atoms with Gasteiger partial charge in [-0.3, -0.25) is 0 Å². The maximum Gasteiger partial charge on any atom is 0.316 e. The fraction of sp³-hybridized carbons (Fsp3) is 0.188. The van der Waals surface area contributed by atoms with Gasteiger partial charge in [-0.25, -0.2) is 13.2 Å². The summed E-state index contributed by atoms with van der Waals surface area (Å²) in [6, 6.07) is 12.4. The standard InChI is InChI=1S/C16H18N2O4S/c1-22-10-12-2-4-13(5-3-12)11-23(20,21)15-8-6-14(7-9-15)18-16(17)19/h2-9H,10-11H2,1H3,(H3,17,18,19). The van der Waals surface area contributed by atoms with Crippen molar-refractivity contribution in [3.8, 4) is 0 Å². The Bertz CT molecular complexity index is 769. The largest absolute Gasteiger partial charge is 0.380 e. The van der Waals surface area contributed by atoms with Gasteiger partial charge in [-0.05, 0) is 35.4 Å². The van der Waals surface area contributed by atoms with Crippen LogP contribution in [0.3, 0.4) is 0 Å². The quantitative estimate of drug-likeness (QED) is 0.847. The highest BCUT2D eigenvalue weighted by atomic mass is 32.2. The van der Waals surface area contributed by atoms with Crippen LogP contribution in [-0.2, 0) is 26.9 Å². The van der Waals surface area contributed by atoms with E-state index in [0.717, 1.165) is 5.56 Å². The van der Waals surface area contributed by atoms with Gasteiger partial charge in [0.2, 0.25) is 0 Å². The fourth-order valence-electron chi connectivity index (χ4n) is 2.09. The molecule has 2 aromatic rings. The van der Waals surface area contributed by atoms with Gasteiger partial charge < -0.3 is 15.8 Å². The van der Waals surface area contributed by atoms with E-state index in [2.05, 4.69) is 5.32 Å². The van der Waals surface area contributed by atoms with Crippen LogP contribution in [0.25, 0.3) is 0 Å². The van der Waals surface area contributed by atoms with Gasteiger partial charge >= 0.3 is 6.03 Å². The Labute approximate surface area is 135 Å². The third kappa shape index (κ3) is 4.80. The summed E-state index contributed by atoms with van der Waals surface area (Å²) in [6.07, 6.45) is 0. The summed E-state index contributed by atoms with van der Waals surface area (Å²) >= 11 is 0. The first kappa shape index (κ1) is 17.0. The number of benzene rings is 2. The van der Waals surface area contributed by atoms with Crippen molar-refractivity contribution in [3.63, 3.8) is 0 Å². The highest BCUT2D eigenvalue weighted by molar-refractivity contribution is 7.90. The highest BCUT2D eigenvalue weighted by Crippen LogP contribution is 2.19. The average molecular weight is 334 g/mol. The molecule has 0 radical (unpaired) electrons. The number of hydrogen-bond donors (Lipinski definition) is 2. The van der Waals surface area contributed by atoms with Gasteiger partial charge in [0.1, 0.15) is 0 Å². The SMILES string of the molecule is COCc1ccc(CS(=O)(=O)c2ccc(NC(N)=O)cc2)cc1. The summed E-state index contributed by atoms with van der Waals surface area (Å²) in [4.78, 5) is 10.9. The molecule has 23 heavy (non-hydrogen) atoms. The van der Waals surface area contributed by atoms with E-state index in [0.29, 0.717) is 17.9 Å². The number of carbonyl (C=O) groups excluding carboxylic acids is 1. The monoisotopic (exact) mass is 334 g/mol. The predicted octanol–water partition coefficient (Wildman–Crippen LogP) is 2.30. The lowest BCUT2D eigenvalue weighted by Crippen LogP contribution is -2.19. The zero-order valence-corrected chi connectivity index (χ0v) is 13.5. The molecule has 0 saturated heterocycles. The van der Waals surface area contributed by atoms with Gasteiger partial charge in [-0.15, -0.1) is 0 Å². The lowest BCUT2D eigenvalue weighted by molar-refractivity contribution is 0.185. The van der Waals surface area contributed by atoms with Crippen molar-refractivity contribution in [1.82, 2.24) is 0 Å². The van der Waals surface area contributed by atoms with E-state index in [4.69, 9.17) is 10.5 Å². The predicted molar refractivity (Wildman–Crippen MR) is 87.7 cm³/mol. The van der Waals surface area contributed by atoms with Gasteiger partial charge in [0, 0.05) is 12.8 Å².